The zero-order chi connectivity index (χ0) is 23.4. The van der Waals surface area contributed by atoms with Crippen molar-refractivity contribution in [3.63, 3.8) is 0 Å². The van der Waals surface area contributed by atoms with E-state index in [2.05, 4.69) is 10.6 Å². The van der Waals surface area contributed by atoms with E-state index in [1.165, 1.54) is 0 Å². The fraction of sp³-hybridized carbons (Fsp3) is 0.870. The second kappa shape index (κ2) is 19.0. The number of unbranched alkanes of at least 4 members (excludes halogenated alkanes) is 2. The average molecular weight is 459 g/mol. The Labute approximate surface area is 192 Å². The third kappa shape index (κ3) is 16.1. The molecular weight excluding hydrogens is 416 g/mol. The lowest BCUT2D eigenvalue weighted by Gasteiger charge is -2.13. The second-order valence-corrected chi connectivity index (χ2v) is 8.16. The van der Waals surface area contributed by atoms with Gasteiger partial charge in [-0.05, 0) is 33.1 Å². The van der Waals surface area contributed by atoms with Gasteiger partial charge in [0, 0.05) is 31.9 Å². The van der Waals surface area contributed by atoms with Gasteiger partial charge in [0.15, 0.2) is 0 Å². The van der Waals surface area contributed by atoms with E-state index in [0.29, 0.717) is 72.1 Å². The fourth-order valence-electron chi connectivity index (χ4n) is 3.30. The fourth-order valence-corrected chi connectivity index (χ4v) is 3.30. The monoisotopic (exact) mass is 458 g/mol. The molecule has 186 valence electrons. The van der Waals surface area contributed by atoms with E-state index in [1.807, 2.05) is 6.92 Å². The van der Waals surface area contributed by atoms with Crippen molar-refractivity contribution >= 4 is 17.6 Å². The lowest BCUT2D eigenvalue weighted by molar-refractivity contribution is -0.119. The molecule has 32 heavy (non-hydrogen) atoms. The predicted octanol–water partition coefficient (Wildman–Crippen LogP) is 2.40. The summed E-state index contributed by atoms with van der Waals surface area (Å²) in [5.74, 6) is 0.414. The van der Waals surface area contributed by atoms with Crippen LogP contribution >= 0.6 is 0 Å². The van der Waals surface area contributed by atoms with Crippen LogP contribution in [0.15, 0.2) is 0 Å². The summed E-state index contributed by atoms with van der Waals surface area (Å²) in [5.41, 5.74) is 0. The largest absolute Gasteiger partial charge is 0.379 e. The molecule has 2 atom stereocenters. The quantitative estimate of drug-likeness (QED) is 0.240. The summed E-state index contributed by atoms with van der Waals surface area (Å²) in [7, 11) is 0. The third-order valence-electron chi connectivity index (χ3n) is 5.21. The van der Waals surface area contributed by atoms with E-state index in [-0.39, 0.29) is 29.7 Å². The molecule has 9 heteroatoms. The van der Waals surface area contributed by atoms with Crippen molar-refractivity contribution in [1.82, 2.24) is 10.6 Å². The van der Waals surface area contributed by atoms with Gasteiger partial charge < -0.3 is 29.6 Å². The van der Waals surface area contributed by atoms with Crippen LogP contribution in [0, 0.1) is 0 Å². The summed E-state index contributed by atoms with van der Waals surface area (Å²) >= 11 is 0. The van der Waals surface area contributed by atoms with Crippen LogP contribution in [0.2, 0.25) is 0 Å². The zero-order valence-corrected chi connectivity index (χ0v) is 19.8. The van der Waals surface area contributed by atoms with Gasteiger partial charge in [-0.1, -0.05) is 12.8 Å². The first-order chi connectivity index (χ1) is 15.5. The standard InChI is InChI=1S/C23H42N2O7/c1-19(26)10-12-30-14-16-32-18-17-31-15-13-29-11-6-8-21(27)7-4-3-5-9-22-20(2)24-23(28)25-22/h20,22H,3-18H2,1-2H3,(H2,24,25,28)/t20-,22+/m0/s1. The van der Waals surface area contributed by atoms with Crippen LogP contribution in [0.4, 0.5) is 4.79 Å². The number of amides is 2. The molecule has 0 saturated carbocycles. The first-order valence-electron chi connectivity index (χ1n) is 11.9. The van der Waals surface area contributed by atoms with Gasteiger partial charge in [-0.2, -0.15) is 0 Å². The van der Waals surface area contributed by atoms with Crippen LogP contribution in [-0.2, 0) is 28.5 Å². The van der Waals surface area contributed by atoms with E-state index in [4.69, 9.17) is 18.9 Å². The number of Topliss-reactive ketones (excluding diaryl/α,β-unsaturated/α-hetero) is 2. The molecular formula is C23H42N2O7. The van der Waals surface area contributed by atoms with Gasteiger partial charge in [0.05, 0.1) is 52.3 Å². The van der Waals surface area contributed by atoms with Gasteiger partial charge in [0.2, 0.25) is 0 Å². The lowest BCUT2D eigenvalue weighted by atomic mass is 10.0. The molecule has 1 fully saturated rings. The minimum absolute atomic E-state index is 0.0827. The van der Waals surface area contributed by atoms with Crippen LogP contribution in [-0.4, -0.2) is 82.5 Å². The second-order valence-electron chi connectivity index (χ2n) is 8.16. The van der Waals surface area contributed by atoms with Gasteiger partial charge in [-0.15, -0.1) is 0 Å². The van der Waals surface area contributed by atoms with E-state index < -0.39 is 0 Å². The number of hydrogen-bond acceptors (Lipinski definition) is 7. The van der Waals surface area contributed by atoms with Crippen LogP contribution < -0.4 is 10.6 Å². The highest BCUT2D eigenvalue weighted by Gasteiger charge is 2.26. The molecule has 1 saturated heterocycles. The van der Waals surface area contributed by atoms with Gasteiger partial charge in [0.1, 0.15) is 11.6 Å². The number of hydrogen-bond donors (Lipinski definition) is 2. The van der Waals surface area contributed by atoms with E-state index >= 15 is 0 Å². The molecule has 0 aromatic heterocycles. The molecule has 9 nitrogen and oxygen atoms in total. The van der Waals surface area contributed by atoms with Crippen molar-refractivity contribution in [2.75, 3.05) is 52.9 Å². The Bertz CT molecular complexity index is 530. The maximum atomic E-state index is 11.9. The summed E-state index contributed by atoms with van der Waals surface area (Å²) in [6, 6.07) is 0.300. The third-order valence-corrected chi connectivity index (χ3v) is 5.21. The van der Waals surface area contributed by atoms with Crippen LogP contribution in [0.3, 0.4) is 0 Å². The number of urea groups is 1. The first kappa shape index (κ1) is 28.5. The molecule has 0 spiro atoms. The zero-order valence-electron chi connectivity index (χ0n) is 19.8. The van der Waals surface area contributed by atoms with Crippen LogP contribution in [0.5, 0.6) is 0 Å². The Morgan fingerprint density at radius 2 is 1.28 bits per heavy atom. The van der Waals surface area contributed by atoms with Gasteiger partial charge >= 0.3 is 6.03 Å². The number of carbonyl (C=O) groups is 3. The molecule has 0 bridgehead atoms. The number of ether oxygens (including phenoxy) is 4. The molecule has 0 aromatic rings. The topological polar surface area (TPSA) is 112 Å². The van der Waals surface area contributed by atoms with Crippen LogP contribution in [0.1, 0.15) is 65.2 Å². The molecule has 0 radical (unpaired) electrons. The van der Waals surface area contributed by atoms with Crippen molar-refractivity contribution < 1.29 is 33.3 Å². The number of carbonyl (C=O) groups excluding carboxylic acids is 3. The Hall–Kier alpha value is -1.55. The van der Waals surface area contributed by atoms with E-state index in [1.54, 1.807) is 6.92 Å². The summed E-state index contributed by atoms with van der Waals surface area (Å²) in [5, 5.41) is 5.76. The molecule has 1 aliphatic rings. The van der Waals surface area contributed by atoms with Gasteiger partial charge in [-0.3, -0.25) is 9.59 Å². The number of rotatable bonds is 22. The molecule has 0 unspecified atom stereocenters. The van der Waals surface area contributed by atoms with E-state index in [9.17, 15) is 14.4 Å². The summed E-state index contributed by atoms with van der Waals surface area (Å²) in [6.07, 6.45) is 6.25. The summed E-state index contributed by atoms with van der Waals surface area (Å²) in [6.45, 7) is 7.53. The normalized spacial score (nSPS) is 17.9. The van der Waals surface area contributed by atoms with Crippen molar-refractivity contribution in [3.05, 3.63) is 0 Å². The minimum atomic E-state index is -0.0827. The van der Waals surface area contributed by atoms with Crippen molar-refractivity contribution in [2.24, 2.45) is 0 Å². The Balaban J connectivity index is 1.75. The molecule has 2 N–H and O–H groups in total. The van der Waals surface area contributed by atoms with Crippen molar-refractivity contribution in [2.45, 2.75) is 77.3 Å². The summed E-state index contributed by atoms with van der Waals surface area (Å²) < 4.78 is 21.5. The van der Waals surface area contributed by atoms with Crippen molar-refractivity contribution in [3.8, 4) is 0 Å². The molecule has 0 aromatic carbocycles. The molecule has 0 aliphatic carbocycles. The Morgan fingerprint density at radius 3 is 1.84 bits per heavy atom. The minimum Gasteiger partial charge on any atom is -0.379 e. The molecule has 2 amide bonds. The average Bonchev–Trinajstić information content (AvgIpc) is 3.07. The van der Waals surface area contributed by atoms with Crippen molar-refractivity contribution in [1.29, 1.82) is 0 Å². The first-order valence-corrected chi connectivity index (χ1v) is 11.9. The van der Waals surface area contributed by atoms with Gasteiger partial charge in [0.25, 0.3) is 0 Å². The lowest BCUT2D eigenvalue weighted by Crippen LogP contribution is -2.30. The highest BCUT2D eigenvalue weighted by atomic mass is 16.6. The number of nitrogens with one attached hydrogen (secondary N) is 2. The Morgan fingerprint density at radius 1 is 0.719 bits per heavy atom. The molecule has 1 heterocycles. The molecule has 1 rings (SSSR count). The predicted molar refractivity (Wildman–Crippen MR) is 121 cm³/mol. The van der Waals surface area contributed by atoms with Gasteiger partial charge in [-0.25, -0.2) is 4.79 Å². The smallest absolute Gasteiger partial charge is 0.315 e. The van der Waals surface area contributed by atoms with Crippen LogP contribution in [0.25, 0.3) is 0 Å². The number of ketones is 2. The Kier molecular flexibility index (Phi) is 16.9. The summed E-state index contributed by atoms with van der Waals surface area (Å²) in [4.78, 5) is 33.9. The maximum absolute atomic E-state index is 11.9. The van der Waals surface area contributed by atoms with E-state index in [0.717, 1.165) is 32.1 Å². The highest BCUT2D eigenvalue weighted by Crippen LogP contribution is 2.12. The maximum Gasteiger partial charge on any atom is 0.315 e. The highest BCUT2D eigenvalue weighted by molar-refractivity contribution is 5.78. The molecule has 1 aliphatic heterocycles. The SMILES string of the molecule is CC(=O)CCOCCOCCOCCOCCCC(=O)CCCCC[C@H]1NC(=O)N[C@H]1C.